The molecule has 10 nitrogen and oxygen atoms in total. The molecule has 1 saturated heterocycles. The Bertz CT molecular complexity index is 1330. The van der Waals surface area contributed by atoms with Crippen LogP contribution in [0.3, 0.4) is 0 Å². The lowest BCUT2D eigenvalue weighted by Gasteiger charge is -2.36. The molecule has 3 aromatic rings. The molecule has 4 rings (SSSR count). The van der Waals surface area contributed by atoms with Crippen molar-refractivity contribution in [1.29, 1.82) is 0 Å². The van der Waals surface area contributed by atoms with E-state index in [4.69, 9.17) is 37.4 Å². The second kappa shape index (κ2) is 13.6. The number of ether oxygens (including phenoxy) is 3. The highest BCUT2D eigenvalue weighted by atomic mass is 35.5. The van der Waals surface area contributed by atoms with Gasteiger partial charge in [-0.3, -0.25) is 9.59 Å². The zero-order valence-electron chi connectivity index (χ0n) is 22.6. The molecule has 0 atom stereocenters. The number of aromatic nitrogens is 2. The normalized spacial score (nSPS) is 13.2. The third-order valence-electron chi connectivity index (χ3n) is 6.63. The first-order chi connectivity index (χ1) is 19.3. The average Bonchev–Trinajstić information content (AvgIpc) is 2.98. The molecule has 0 bridgehead atoms. The summed E-state index contributed by atoms with van der Waals surface area (Å²) in [5, 5.41) is 9.48. The van der Waals surface area contributed by atoms with Gasteiger partial charge in [0.2, 0.25) is 5.91 Å². The quantitative estimate of drug-likeness (QED) is 0.352. The lowest BCUT2D eigenvalue weighted by atomic mass is 10.1. The summed E-state index contributed by atoms with van der Waals surface area (Å²) >= 11 is 12.2. The molecule has 1 aliphatic rings. The monoisotopic (exact) mass is 587 g/mol. The van der Waals surface area contributed by atoms with Crippen LogP contribution in [0.15, 0.2) is 48.5 Å². The minimum absolute atomic E-state index is 0.0840. The second-order valence-corrected chi connectivity index (χ2v) is 9.90. The maximum Gasteiger partial charge on any atom is 0.255 e. The molecule has 0 aliphatic carbocycles. The average molecular weight is 588 g/mol. The number of amides is 2. The number of carbonyl (C=O) groups excluding carboxylic acids is 2. The van der Waals surface area contributed by atoms with Gasteiger partial charge in [0.1, 0.15) is 18.0 Å². The Morgan fingerprint density at radius 3 is 2.33 bits per heavy atom. The Morgan fingerprint density at radius 1 is 0.925 bits per heavy atom. The number of halogens is 2. The summed E-state index contributed by atoms with van der Waals surface area (Å²) in [6, 6.07) is 14.0. The number of nitrogens with zero attached hydrogens (tertiary/aromatic N) is 5. The van der Waals surface area contributed by atoms with Crippen molar-refractivity contribution in [3.63, 3.8) is 0 Å². The third-order valence-corrected chi connectivity index (χ3v) is 7.18. The van der Waals surface area contributed by atoms with Gasteiger partial charge in [-0.2, -0.15) is 0 Å². The number of benzene rings is 2. The van der Waals surface area contributed by atoms with Crippen LogP contribution in [0.2, 0.25) is 10.0 Å². The van der Waals surface area contributed by atoms with Gasteiger partial charge in [0.15, 0.2) is 5.82 Å². The first kappa shape index (κ1) is 29.4. The molecule has 2 aromatic carbocycles. The lowest BCUT2D eigenvalue weighted by molar-refractivity contribution is -0.132. The molecular weight excluding hydrogens is 557 g/mol. The molecule has 2 amide bonds. The van der Waals surface area contributed by atoms with Gasteiger partial charge in [-0.1, -0.05) is 23.2 Å². The lowest BCUT2D eigenvalue weighted by Crippen LogP contribution is -2.52. The van der Waals surface area contributed by atoms with Gasteiger partial charge < -0.3 is 28.9 Å². The molecule has 1 aliphatic heterocycles. The Hall–Kier alpha value is -3.60. The largest absolute Gasteiger partial charge is 0.497 e. The van der Waals surface area contributed by atoms with Gasteiger partial charge in [0.25, 0.3) is 5.91 Å². The van der Waals surface area contributed by atoms with Gasteiger partial charge in [-0.05, 0) is 42.5 Å². The van der Waals surface area contributed by atoms with Crippen LogP contribution < -0.4 is 14.4 Å². The Morgan fingerprint density at radius 2 is 1.70 bits per heavy atom. The summed E-state index contributed by atoms with van der Waals surface area (Å²) in [4.78, 5) is 31.6. The van der Waals surface area contributed by atoms with Crippen molar-refractivity contribution in [1.82, 2.24) is 20.0 Å². The summed E-state index contributed by atoms with van der Waals surface area (Å²) in [7, 11) is 4.74. The summed E-state index contributed by atoms with van der Waals surface area (Å²) in [5.74, 6) is 1.55. The van der Waals surface area contributed by atoms with E-state index in [9.17, 15) is 9.59 Å². The molecule has 0 saturated carbocycles. The fraction of sp³-hybridized carbons (Fsp3) is 0.357. The second-order valence-electron chi connectivity index (χ2n) is 9.05. The van der Waals surface area contributed by atoms with Crippen molar-refractivity contribution >= 4 is 40.8 Å². The maximum absolute atomic E-state index is 13.2. The third kappa shape index (κ3) is 6.93. The molecule has 212 valence electrons. The Labute approximate surface area is 243 Å². The number of anilines is 1. The van der Waals surface area contributed by atoms with Crippen molar-refractivity contribution in [2.24, 2.45) is 0 Å². The highest BCUT2D eigenvalue weighted by Crippen LogP contribution is 2.32. The predicted octanol–water partition coefficient (Wildman–Crippen LogP) is 3.91. The maximum atomic E-state index is 13.2. The summed E-state index contributed by atoms with van der Waals surface area (Å²) in [5.41, 5.74) is 1.78. The number of rotatable bonds is 10. The topological polar surface area (TPSA) is 97.3 Å². The number of carbonyl (C=O) groups is 2. The molecule has 0 spiro atoms. The van der Waals surface area contributed by atoms with Gasteiger partial charge in [0, 0.05) is 56.5 Å². The highest BCUT2D eigenvalue weighted by Gasteiger charge is 2.27. The minimum atomic E-state index is -0.352. The number of methoxy groups -OCH3 is 3. The van der Waals surface area contributed by atoms with Crippen molar-refractivity contribution < 1.29 is 23.8 Å². The van der Waals surface area contributed by atoms with Crippen LogP contribution in [0.25, 0.3) is 11.3 Å². The van der Waals surface area contributed by atoms with E-state index in [0.29, 0.717) is 48.4 Å². The molecule has 0 radical (unpaired) electrons. The van der Waals surface area contributed by atoms with Gasteiger partial charge in [-0.25, -0.2) is 0 Å². The zero-order valence-corrected chi connectivity index (χ0v) is 24.1. The fourth-order valence-electron chi connectivity index (χ4n) is 4.38. The van der Waals surface area contributed by atoms with Gasteiger partial charge in [-0.15, -0.1) is 10.2 Å². The first-order valence-electron chi connectivity index (χ1n) is 12.7. The van der Waals surface area contributed by atoms with Crippen molar-refractivity contribution in [3.05, 3.63) is 64.1 Å². The molecule has 0 unspecified atom stereocenters. The van der Waals surface area contributed by atoms with Crippen LogP contribution in [0, 0.1) is 0 Å². The van der Waals surface area contributed by atoms with Crippen molar-refractivity contribution in [2.45, 2.75) is 0 Å². The zero-order chi connectivity index (χ0) is 28.6. The number of piperazine rings is 1. The van der Waals surface area contributed by atoms with Crippen LogP contribution in [-0.2, 0) is 9.53 Å². The molecule has 12 heteroatoms. The van der Waals surface area contributed by atoms with Crippen molar-refractivity contribution in [2.75, 3.05) is 72.1 Å². The van der Waals surface area contributed by atoms with Crippen LogP contribution >= 0.6 is 23.2 Å². The Kier molecular flexibility index (Phi) is 10.0. The molecule has 2 heterocycles. The SMILES string of the molecule is COCCN(CC(=O)N1CCN(c2ccc(-c3ccc(OC)cc3OC)nn2)CC1)C(=O)c1ccc(Cl)cc1Cl. The van der Waals surface area contributed by atoms with Crippen LogP contribution in [0.4, 0.5) is 5.82 Å². The van der Waals surface area contributed by atoms with E-state index < -0.39 is 0 Å². The van der Waals surface area contributed by atoms with E-state index in [0.717, 1.165) is 11.4 Å². The minimum Gasteiger partial charge on any atom is -0.497 e. The van der Waals surface area contributed by atoms with Gasteiger partial charge in [0.05, 0.1) is 37.1 Å². The van der Waals surface area contributed by atoms with Crippen molar-refractivity contribution in [3.8, 4) is 22.8 Å². The molecule has 40 heavy (non-hydrogen) atoms. The predicted molar refractivity (Wildman–Crippen MR) is 154 cm³/mol. The first-order valence-corrected chi connectivity index (χ1v) is 13.4. The smallest absolute Gasteiger partial charge is 0.255 e. The van der Waals surface area contributed by atoms with E-state index in [1.165, 1.54) is 11.0 Å². The Balaban J connectivity index is 1.37. The molecular formula is C28H31Cl2N5O5. The molecule has 1 fully saturated rings. The van der Waals surface area contributed by atoms with E-state index in [1.807, 2.05) is 24.3 Å². The summed E-state index contributed by atoms with van der Waals surface area (Å²) < 4.78 is 15.9. The summed E-state index contributed by atoms with van der Waals surface area (Å²) in [6.07, 6.45) is 0. The van der Waals surface area contributed by atoms with Crippen LogP contribution in [0.5, 0.6) is 11.5 Å². The van der Waals surface area contributed by atoms with Gasteiger partial charge >= 0.3 is 0 Å². The van der Waals surface area contributed by atoms with E-state index in [-0.39, 0.29) is 42.1 Å². The van der Waals surface area contributed by atoms with Crippen LogP contribution in [-0.4, -0.2) is 99.0 Å². The fourth-order valence-corrected chi connectivity index (χ4v) is 4.87. The number of hydrogen-bond donors (Lipinski definition) is 0. The molecule has 1 aromatic heterocycles. The molecule has 0 N–H and O–H groups in total. The van der Waals surface area contributed by atoms with E-state index >= 15 is 0 Å². The number of hydrogen-bond acceptors (Lipinski definition) is 8. The van der Waals surface area contributed by atoms with E-state index in [1.54, 1.807) is 44.4 Å². The standard InChI is InChI=1S/C28H31Cl2N5O5/c1-38-15-14-35(28(37)21-6-4-19(29)16-23(21)30)18-27(36)34-12-10-33(11-13-34)26-9-8-24(31-32-26)22-7-5-20(39-2)17-25(22)40-3/h4-9,16-17H,10-15,18H2,1-3H3. The highest BCUT2D eigenvalue weighted by molar-refractivity contribution is 6.36. The summed E-state index contributed by atoms with van der Waals surface area (Å²) in [6.45, 7) is 2.60. The van der Waals surface area contributed by atoms with Crippen LogP contribution in [0.1, 0.15) is 10.4 Å². The van der Waals surface area contributed by atoms with E-state index in [2.05, 4.69) is 15.1 Å².